The zero-order valence-corrected chi connectivity index (χ0v) is 15.9. The number of hydrogen-bond acceptors (Lipinski definition) is 5. The highest BCUT2D eigenvalue weighted by atomic mass is 16.1. The van der Waals surface area contributed by atoms with Crippen LogP contribution in [0.1, 0.15) is 48.4 Å². The quantitative estimate of drug-likeness (QED) is 0.896. The Bertz CT molecular complexity index is 793. The molecule has 2 aliphatic rings. The largest absolute Gasteiger partial charge is 0.372 e. The summed E-state index contributed by atoms with van der Waals surface area (Å²) in [6.45, 7) is 6.07. The summed E-state index contributed by atoms with van der Waals surface area (Å²) in [7, 11) is 0. The Morgan fingerprint density at radius 1 is 0.889 bits per heavy atom. The molecule has 0 aliphatic carbocycles. The maximum atomic E-state index is 12.7. The minimum atomic E-state index is -0.187. The number of hydrogen-bond donors (Lipinski definition) is 1. The molecule has 27 heavy (non-hydrogen) atoms. The van der Waals surface area contributed by atoms with Crippen molar-refractivity contribution in [3.05, 3.63) is 41.9 Å². The number of carbonyl (C=O) groups is 1. The first-order valence-electron chi connectivity index (χ1n) is 9.96. The van der Waals surface area contributed by atoms with Gasteiger partial charge in [-0.3, -0.25) is 4.79 Å². The minimum absolute atomic E-state index is 0.187. The summed E-state index contributed by atoms with van der Waals surface area (Å²) in [6.07, 6.45) is 6.12. The van der Waals surface area contributed by atoms with Crippen molar-refractivity contribution in [1.82, 2.24) is 9.97 Å². The lowest BCUT2D eigenvalue weighted by molar-refractivity contribution is 0.102. The third-order valence-electron chi connectivity index (χ3n) is 5.33. The van der Waals surface area contributed by atoms with E-state index in [0.29, 0.717) is 11.5 Å². The molecule has 142 valence electrons. The molecule has 1 aromatic carbocycles. The van der Waals surface area contributed by atoms with Gasteiger partial charge < -0.3 is 15.1 Å². The average Bonchev–Trinajstić information content (AvgIpc) is 3.23. The Morgan fingerprint density at radius 3 is 2.22 bits per heavy atom. The molecule has 4 rings (SSSR count). The van der Waals surface area contributed by atoms with E-state index >= 15 is 0 Å². The van der Waals surface area contributed by atoms with Gasteiger partial charge in [-0.05, 0) is 63.3 Å². The van der Waals surface area contributed by atoms with E-state index in [-0.39, 0.29) is 5.91 Å². The summed E-state index contributed by atoms with van der Waals surface area (Å²) in [6, 6.07) is 9.89. The van der Waals surface area contributed by atoms with Crippen LogP contribution in [0.3, 0.4) is 0 Å². The molecule has 1 amide bonds. The van der Waals surface area contributed by atoms with Gasteiger partial charge in [-0.2, -0.15) is 0 Å². The SMILES string of the molecule is Cc1nc(C(=O)Nc2ccc(N3CCCC3)cc2)cc(N2CCCCC2)n1. The average molecular weight is 365 g/mol. The van der Waals surface area contributed by atoms with Crippen LogP contribution >= 0.6 is 0 Å². The molecule has 0 unspecified atom stereocenters. The number of nitrogens with zero attached hydrogens (tertiary/aromatic N) is 4. The summed E-state index contributed by atoms with van der Waals surface area (Å²) in [5, 5.41) is 2.97. The van der Waals surface area contributed by atoms with Crippen LogP contribution in [0.5, 0.6) is 0 Å². The van der Waals surface area contributed by atoms with Crippen molar-refractivity contribution in [3.8, 4) is 0 Å². The van der Waals surface area contributed by atoms with Crippen molar-refractivity contribution < 1.29 is 4.79 Å². The number of aromatic nitrogens is 2. The molecule has 0 saturated carbocycles. The second kappa shape index (κ2) is 7.94. The molecule has 0 bridgehead atoms. The lowest BCUT2D eigenvalue weighted by atomic mass is 10.1. The number of benzene rings is 1. The van der Waals surface area contributed by atoms with Crippen molar-refractivity contribution in [1.29, 1.82) is 0 Å². The highest BCUT2D eigenvalue weighted by Crippen LogP contribution is 2.23. The first-order chi connectivity index (χ1) is 13.2. The molecule has 2 saturated heterocycles. The van der Waals surface area contributed by atoms with Gasteiger partial charge in [0.05, 0.1) is 0 Å². The number of anilines is 3. The van der Waals surface area contributed by atoms with Crippen LogP contribution in [0, 0.1) is 6.92 Å². The summed E-state index contributed by atoms with van der Waals surface area (Å²) in [5.74, 6) is 1.30. The van der Waals surface area contributed by atoms with E-state index in [4.69, 9.17) is 0 Å². The Kier molecular flexibility index (Phi) is 5.23. The van der Waals surface area contributed by atoms with Crippen LogP contribution in [0.2, 0.25) is 0 Å². The highest BCUT2D eigenvalue weighted by molar-refractivity contribution is 6.03. The van der Waals surface area contributed by atoms with E-state index in [2.05, 4.69) is 37.2 Å². The van der Waals surface area contributed by atoms with Crippen LogP contribution in [0.4, 0.5) is 17.2 Å². The number of nitrogens with one attached hydrogen (secondary N) is 1. The monoisotopic (exact) mass is 365 g/mol. The fraction of sp³-hybridized carbons (Fsp3) is 0.476. The van der Waals surface area contributed by atoms with Crippen molar-refractivity contribution in [2.24, 2.45) is 0 Å². The summed E-state index contributed by atoms with van der Waals surface area (Å²) in [4.78, 5) is 26.2. The number of piperidine rings is 1. The fourth-order valence-corrected chi connectivity index (χ4v) is 3.88. The first kappa shape index (κ1) is 17.8. The Labute approximate surface area is 160 Å². The van der Waals surface area contributed by atoms with Crippen LogP contribution in [0.15, 0.2) is 30.3 Å². The van der Waals surface area contributed by atoms with E-state index in [0.717, 1.165) is 37.7 Å². The smallest absolute Gasteiger partial charge is 0.274 e. The van der Waals surface area contributed by atoms with E-state index in [1.165, 1.54) is 37.8 Å². The summed E-state index contributed by atoms with van der Waals surface area (Å²) in [5.41, 5.74) is 2.43. The normalized spacial score (nSPS) is 17.2. The van der Waals surface area contributed by atoms with E-state index in [1.54, 1.807) is 0 Å². The lowest BCUT2D eigenvalue weighted by Crippen LogP contribution is -2.31. The van der Waals surface area contributed by atoms with Crippen LogP contribution in [-0.2, 0) is 0 Å². The molecule has 1 aromatic heterocycles. The Morgan fingerprint density at radius 2 is 1.52 bits per heavy atom. The van der Waals surface area contributed by atoms with Gasteiger partial charge in [-0.1, -0.05) is 0 Å². The number of carbonyl (C=O) groups excluding carboxylic acids is 1. The molecule has 0 atom stereocenters. The number of aryl methyl sites for hydroxylation is 1. The predicted molar refractivity (Wildman–Crippen MR) is 109 cm³/mol. The zero-order chi connectivity index (χ0) is 18.6. The topological polar surface area (TPSA) is 61.4 Å². The third-order valence-corrected chi connectivity index (χ3v) is 5.33. The second-order valence-electron chi connectivity index (χ2n) is 7.40. The van der Waals surface area contributed by atoms with Gasteiger partial charge in [0, 0.05) is 43.6 Å². The van der Waals surface area contributed by atoms with Gasteiger partial charge >= 0.3 is 0 Å². The molecular weight excluding hydrogens is 338 g/mol. The van der Waals surface area contributed by atoms with Gasteiger partial charge in [-0.25, -0.2) is 9.97 Å². The van der Waals surface area contributed by atoms with Gasteiger partial charge in [0.1, 0.15) is 17.3 Å². The van der Waals surface area contributed by atoms with E-state index in [9.17, 15) is 4.79 Å². The van der Waals surface area contributed by atoms with Crippen LogP contribution < -0.4 is 15.1 Å². The number of rotatable bonds is 4. The fourth-order valence-electron chi connectivity index (χ4n) is 3.88. The predicted octanol–water partition coefficient (Wildman–Crippen LogP) is 3.63. The van der Waals surface area contributed by atoms with Gasteiger partial charge in [0.15, 0.2) is 0 Å². The first-order valence-corrected chi connectivity index (χ1v) is 9.96. The van der Waals surface area contributed by atoms with Crippen molar-refractivity contribution >= 4 is 23.1 Å². The highest BCUT2D eigenvalue weighted by Gasteiger charge is 2.17. The molecule has 2 aliphatic heterocycles. The Hall–Kier alpha value is -2.63. The van der Waals surface area contributed by atoms with Crippen molar-refractivity contribution in [2.75, 3.05) is 41.3 Å². The molecule has 6 nitrogen and oxygen atoms in total. The van der Waals surface area contributed by atoms with Crippen LogP contribution in [-0.4, -0.2) is 42.1 Å². The number of amides is 1. The van der Waals surface area contributed by atoms with Crippen LogP contribution in [0.25, 0.3) is 0 Å². The van der Waals surface area contributed by atoms with E-state index in [1.807, 2.05) is 25.1 Å². The van der Waals surface area contributed by atoms with Gasteiger partial charge in [0.25, 0.3) is 5.91 Å². The van der Waals surface area contributed by atoms with Crippen molar-refractivity contribution in [3.63, 3.8) is 0 Å². The molecule has 2 fully saturated rings. The van der Waals surface area contributed by atoms with Gasteiger partial charge in [0.2, 0.25) is 0 Å². The maximum Gasteiger partial charge on any atom is 0.274 e. The zero-order valence-electron chi connectivity index (χ0n) is 15.9. The minimum Gasteiger partial charge on any atom is -0.372 e. The molecule has 1 N–H and O–H groups in total. The third kappa shape index (κ3) is 4.21. The second-order valence-corrected chi connectivity index (χ2v) is 7.40. The molecule has 6 heteroatoms. The molecule has 2 aromatic rings. The summed E-state index contributed by atoms with van der Waals surface area (Å²) < 4.78 is 0. The molecule has 0 radical (unpaired) electrons. The molecular formula is C21H27N5O. The summed E-state index contributed by atoms with van der Waals surface area (Å²) >= 11 is 0. The van der Waals surface area contributed by atoms with Gasteiger partial charge in [-0.15, -0.1) is 0 Å². The van der Waals surface area contributed by atoms with Crippen molar-refractivity contribution in [2.45, 2.75) is 39.0 Å². The standard InChI is InChI=1S/C21H27N5O/c1-16-22-19(15-20(23-16)26-13-3-2-4-14-26)21(27)24-17-7-9-18(10-8-17)25-11-5-6-12-25/h7-10,15H,2-6,11-14H2,1H3,(H,24,27). The maximum absolute atomic E-state index is 12.7. The lowest BCUT2D eigenvalue weighted by Gasteiger charge is -2.28. The molecule has 0 spiro atoms. The molecule has 3 heterocycles. The van der Waals surface area contributed by atoms with E-state index < -0.39 is 0 Å². The Balaban J connectivity index is 1.46.